The molecule has 1 heterocycles. The molecular weight excluding hydrogens is 326 g/mol. The summed E-state index contributed by atoms with van der Waals surface area (Å²) >= 11 is 0. The third kappa shape index (κ3) is 6.30. The Morgan fingerprint density at radius 3 is 2.42 bits per heavy atom. The van der Waals surface area contributed by atoms with Crippen LogP contribution in [0.4, 0.5) is 0 Å². The topological polar surface area (TPSA) is 166 Å². The first kappa shape index (κ1) is 20.7. The number of hydrogen-bond acceptors (Lipinski definition) is 9. The minimum Gasteiger partial charge on any atom is -0.463 e. The molecule has 0 aliphatic carbocycles. The van der Waals surface area contributed by atoms with Gasteiger partial charge in [0.15, 0.2) is 12.6 Å². The summed E-state index contributed by atoms with van der Waals surface area (Å²) in [5, 5.41) is 49.6. The van der Waals surface area contributed by atoms with Gasteiger partial charge < -0.3 is 40.3 Å². The van der Waals surface area contributed by atoms with Gasteiger partial charge in [-0.25, -0.2) is 0 Å². The van der Waals surface area contributed by atoms with Gasteiger partial charge in [-0.2, -0.15) is 0 Å². The first-order valence-electron chi connectivity index (χ1n) is 7.77. The van der Waals surface area contributed by atoms with Gasteiger partial charge in [0.25, 0.3) is 0 Å². The van der Waals surface area contributed by atoms with E-state index in [2.05, 4.69) is 5.32 Å². The van der Waals surface area contributed by atoms with Crippen LogP contribution in [0, 0.1) is 0 Å². The van der Waals surface area contributed by atoms with Crippen molar-refractivity contribution >= 4 is 11.9 Å². The smallest absolute Gasteiger partial charge is 0.306 e. The zero-order valence-corrected chi connectivity index (χ0v) is 13.4. The third-order valence-corrected chi connectivity index (χ3v) is 3.54. The van der Waals surface area contributed by atoms with E-state index in [1.807, 2.05) is 0 Å². The van der Waals surface area contributed by atoms with E-state index in [-0.39, 0.29) is 19.3 Å². The van der Waals surface area contributed by atoms with Crippen molar-refractivity contribution in [3.63, 3.8) is 0 Å². The van der Waals surface area contributed by atoms with E-state index in [0.29, 0.717) is 6.42 Å². The predicted molar refractivity (Wildman–Crippen MR) is 78.2 cm³/mol. The number of rotatable bonds is 8. The van der Waals surface area contributed by atoms with E-state index in [1.165, 1.54) is 0 Å². The van der Waals surface area contributed by atoms with Gasteiger partial charge >= 0.3 is 5.97 Å². The van der Waals surface area contributed by atoms with E-state index in [4.69, 9.17) is 19.7 Å². The van der Waals surface area contributed by atoms with Crippen molar-refractivity contribution in [2.24, 2.45) is 0 Å². The lowest BCUT2D eigenvalue weighted by atomic mass is 9.97. The highest BCUT2D eigenvalue weighted by molar-refractivity contribution is 5.76. The molecule has 1 rings (SSSR count). The van der Waals surface area contributed by atoms with Crippen LogP contribution < -0.4 is 5.32 Å². The Kier molecular flexibility index (Phi) is 8.53. The SMILES string of the molecule is CCCC(=O)N[C@H]1C(O)O[C@H](COC(=O)CCC(O)O)[C@@H](O)[C@@H]1O. The molecule has 1 saturated heterocycles. The molecule has 24 heavy (non-hydrogen) atoms. The van der Waals surface area contributed by atoms with Crippen LogP contribution in [0.1, 0.15) is 32.6 Å². The second-order valence-corrected chi connectivity index (χ2v) is 5.59. The van der Waals surface area contributed by atoms with Gasteiger partial charge in [-0.05, 0) is 6.42 Å². The fourth-order valence-corrected chi connectivity index (χ4v) is 2.22. The second-order valence-electron chi connectivity index (χ2n) is 5.59. The molecule has 1 aliphatic rings. The molecule has 10 nitrogen and oxygen atoms in total. The van der Waals surface area contributed by atoms with Crippen LogP contribution in [0.25, 0.3) is 0 Å². The van der Waals surface area contributed by atoms with E-state index >= 15 is 0 Å². The van der Waals surface area contributed by atoms with Crippen molar-refractivity contribution in [3.8, 4) is 0 Å². The lowest BCUT2D eigenvalue weighted by molar-refractivity contribution is -0.255. The van der Waals surface area contributed by atoms with Crippen molar-refractivity contribution in [2.45, 2.75) is 69.5 Å². The number of amides is 1. The average Bonchev–Trinajstić information content (AvgIpc) is 2.52. The molecule has 0 bridgehead atoms. The zero-order valence-electron chi connectivity index (χ0n) is 13.4. The first-order valence-corrected chi connectivity index (χ1v) is 7.77. The molecule has 140 valence electrons. The third-order valence-electron chi connectivity index (χ3n) is 3.54. The number of nitrogens with one attached hydrogen (secondary N) is 1. The Morgan fingerprint density at radius 1 is 1.17 bits per heavy atom. The Hall–Kier alpha value is -1.30. The highest BCUT2D eigenvalue weighted by Crippen LogP contribution is 2.20. The lowest BCUT2D eigenvalue weighted by Gasteiger charge is -2.40. The lowest BCUT2D eigenvalue weighted by Crippen LogP contribution is -2.64. The molecule has 0 aromatic rings. The number of aliphatic hydroxyl groups excluding tert-OH is 4. The van der Waals surface area contributed by atoms with Crippen LogP contribution in [0.3, 0.4) is 0 Å². The van der Waals surface area contributed by atoms with Crippen molar-refractivity contribution in [2.75, 3.05) is 6.61 Å². The van der Waals surface area contributed by atoms with Gasteiger partial charge in [0.1, 0.15) is 31.0 Å². The maximum Gasteiger partial charge on any atom is 0.306 e. The fraction of sp³-hybridized carbons (Fsp3) is 0.857. The normalized spacial score (nSPS) is 30.2. The molecule has 5 atom stereocenters. The molecule has 0 spiro atoms. The van der Waals surface area contributed by atoms with E-state index in [0.717, 1.165) is 0 Å². The van der Waals surface area contributed by atoms with Crippen molar-refractivity contribution in [3.05, 3.63) is 0 Å². The molecule has 1 aliphatic heterocycles. The number of carbonyl (C=O) groups is 2. The van der Waals surface area contributed by atoms with Gasteiger partial charge in [-0.1, -0.05) is 6.92 Å². The maximum absolute atomic E-state index is 11.6. The molecule has 1 amide bonds. The Bertz CT molecular complexity index is 417. The molecule has 1 fully saturated rings. The van der Waals surface area contributed by atoms with E-state index < -0.39 is 55.4 Å². The number of hydrogen-bond donors (Lipinski definition) is 6. The van der Waals surface area contributed by atoms with Crippen LogP contribution in [0.15, 0.2) is 0 Å². The maximum atomic E-state index is 11.6. The summed E-state index contributed by atoms with van der Waals surface area (Å²) in [5.41, 5.74) is 0. The van der Waals surface area contributed by atoms with Crippen LogP contribution in [-0.4, -0.2) is 80.9 Å². The molecule has 1 unspecified atom stereocenters. The van der Waals surface area contributed by atoms with Crippen molar-refractivity contribution in [1.29, 1.82) is 0 Å². The number of aliphatic hydroxyl groups is 5. The van der Waals surface area contributed by atoms with Crippen molar-refractivity contribution < 1.29 is 44.6 Å². The Balaban J connectivity index is 2.50. The minimum atomic E-state index is -1.63. The number of ether oxygens (including phenoxy) is 2. The van der Waals surface area contributed by atoms with Crippen LogP contribution >= 0.6 is 0 Å². The van der Waals surface area contributed by atoms with Crippen LogP contribution in [0.2, 0.25) is 0 Å². The summed E-state index contributed by atoms with van der Waals surface area (Å²) in [4.78, 5) is 22.9. The highest BCUT2D eigenvalue weighted by Gasteiger charge is 2.44. The molecule has 10 heteroatoms. The molecule has 0 aromatic carbocycles. The minimum absolute atomic E-state index is 0.198. The monoisotopic (exact) mass is 351 g/mol. The highest BCUT2D eigenvalue weighted by atomic mass is 16.6. The Labute approximate surface area is 139 Å². The predicted octanol–water partition coefficient (Wildman–Crippen LogP) is -2.66. The van der Waals surface area contributed by atoms with E-state index in [1.54, 1.807) is 6.92 Å². The molecule has 0 aromatic heterocycles. The molecular formula is C14H25NO9. The van der Waals surface area contributed by atoms with Gasteiger partial charge in [-0.15, -0.1) is 0 Å². The largest absolute Gasteiger partial charge is 0.463 e. The quantitative estimate of drug-likeness (QED) is 0.202. The summed E-state index contributed by atoms with van der Waals surface area (Å²) in [6.45, 7) is 1.35. The van der Waals surface area contributed by atoms with Crippen LogP contribution in [0.5, 0.6) is 0 Å². The van der Waals surface area contributed by atoms with Gasteiger partial charge in [0, 0.05) is 12.8 Å². The average molecular weight is 351 g/mol. The standard InChI is InChI=1S/C14H25NO9/c1-2-3-8(16)15-11-13(21)12(20)7(24-14(11)22)6-23-10(19)5-4-9(17)18/h7,9,11-14,17-18,20-22H,2-6H2,1H3,(H,15,16)/t7-,11-,12-,13-,14?/m1/s1. The van der Waals surface area contributed by atoms with E-state index in [9.17, 15) is 24.9 Å². The fourth-order valence-electron chi connectivity index (χ4n) is 2.22. The second kappa shape index (κ2) is 9.87. The van der Waals surface area contributed by atoms with Gasteiger partial charge in [0.05, 0.1) is 6.42 Å². The molecule has 0 radical (unpaired) electrons. The van der Waals surface area contributed by atoms with Gasteiger partial charge in [-0.3, -0.25) is 9.59 Å². The summed E-state index contributed by atoms with van der Waals surface area (Å²) in [6, 6.07) is -1.20. The zero-order chi connectivity index (χ0) is 18.3. The summed E-state index contributed by atoms with van der Waals surface area (Å²) in [6.07, 6.45) is -7.06. The summed E-state index contributed by atoms with van der Waals surface area (Å²) < 4.78 is 9.89. The number of esters is 1. The number of carbonyl (C=O) groups excluding carboxylic acids is 2. The Morgan fingerprint density at radius 2 is 1.83 bits per heavy atom. The summed E-state index contributed by atoms with van der Waals surface area (Å²) in [7, 11) is 0. The first-order chi connectivity index (χ1) is 11.3. The van der Waals surface area contributed by atoms with Crippen LogP contribution in [-0.2, 0) is 19.1 Å². The van der Waals surface area contributed by atoms with Crippen molar-refractivity contribution in [1.82, 2.24) is 5.32 Å². The molecule has 0 saturated carbocycles. The molecule has 6 N–H and O–H groups in total. The van der Waals surface area contributed by atoms with Gasteiger partial charge in [0.2, 0.25) is 5.91 Å². The summed E-state index contributed by atoms with van der Waals surface area (Å²) in [5.74, 6) is -1.15.